The molecular formula is C15H19N3O2. The van der Waals surface area contributed by atoms with E-state index in [9.17, 15) is 4.79 Å². The average Bonchev–Trinajstić information content (AvgIpc) is 2.88. The van der Waals surface area contributed by atoms with E-state index in [0.717, 1.165) is 11.1 Å². The van der Waals surface area contributed by atoms with Gasteiger partial charge in [0.1, 0.15) is 0 Å². The molecule has 0 atom stereocenters. The highest BCUT2D eigenvalue weighted by Crippen LogP contribution is 2.17. The maximum atomic E-state index is 11.3. The van der Waals surface area contributed by atoms with Crippen LogP contribution in [0.1, 0.15) is 31.2 Å². The fraction of sp³-hybridized carbons (Fsp3) is 0.400. The van der Waals surface area contributed by atoms with E-state index >= 15 is 0 Å². The Morgan fingerprint density at radius 1 is 1.40 bits per heavy atom. The summed E-state index contributed by atoms with van der Waals surface area (Å²) in [5.74, 6) is 1.23. The summed E-state index contributed by atoms with van der Waals surface area (Å²) in [7, 11) is 0. The number of hydrogen-bond donors (Lipinski definition) is 1. The van der Waals surface area contributed by atoms with Gasteiger partial charge in [-0.15, -0.1) is 0 Å². The fourth-order valence-corrected chi connectivity index (χ4v) is 1.94. The highest BCUT2D eigenvalue weighted by molar-refractivity contribution is 5.75. The Morgan fingerprint density at radius 3 is 3.00 bits per heavy atom. The van der Waals surface area contributed by atoms with Crippen molar-refractivity contribution in [3.05, 3.63) is 35.7 Å². The summed E-state index contributed by atoms with van der Waals surface area (Å²) < 4.78 is 5.21. The molecule has 2 rings (SSSR count). The Labute approximate surface area is 118 Å². The monoisotopic (exact) mass is 273 g/mol. The number of nitrogens with one attached hydrogen (secondary N) is 1. The van der Waals surface area contributed by atoms with Crippen LogP contribution < -0.4 is 5.32 Å². The first kappa shape index (κ1) is 14.2. The summed E-state index contributed by atoms with van der Waals surface area (Å²) in [4.78, 5) is 15.7. The lowest BCUT2D eigenvalue weighted by molar-refractivity contribution is -0.121. The molecule has 0 unspecified atom stereocenters. The van der Waals surface area contributed by atoms with E-state index in [4.69, 9.17) is 4.52 Å². The number of aromatic nitrogens is 2. The molecule has 0 aliphatic carbocycles. The molecule has 0 aliphatic rings. The second kappa shape index (κ2) is 6.84. The van der Waals surface area contributed by atoms with Gasteiger partial charge in [-0.25, -0.2) is 0 Å². The van der Waals surface area contributed by atoms with E-state index in [1.165, 1.54) is 0 Å². The average molecular weight is 273 g/mol. The first-order valence-electron chi connectivity index (χ1n) is 6.85. The third-order valence-electron chi connectivity index (χ3n) is 2.91. The highest BCUT2D eigenvalue weighted by Gasteiger charge is 2.09. The zero-order valence-corrected chi connectivity index (χ0v) is 11.8. The maximum Gasteiger partial charge on any atom is 0.226 e. The summed E-state index contributed by atoms with van der Waals surface area (Å²) in [6.07, 6.45) is 1.81. The van der Waals surface area contributed by atoms with Crippen LogP contribution in [-0.4, -0.2) is 22.6 Å². The largest absolute Gasteiger partial charge is 0.356 e. The molecule has 0 bridgehead atoms. The molecule has 2 aromatic rings. The van der Waals surface area contributed by atoms with Crippen molar-refractivity contribution in [2.45, 2.75) is 33.1 Å². The van der Waals surface area contributed by atoms with Crippen molar-refractivity contribution in [1.29, 1.82) is 0 Å². The van der Waals surface area contributed by atoms with Crippen molar-refractivity contribution >= 4 is 5.91 Å². The van der Waals surface area contributed by atoms with Crippen molar-refractivity contribution in [3.8, 4) is 11.4 Å². The summed E-state index contributed by atoms with van der Waals surface area (Å²) >= 11 is 0. The molecule has 5 nitrogen and oxygen atoms in total. The number of carbonyl (C=O) groups is 1. The molecular weight excluding hydrogens is 254 g/mol. The number of carbonyl (C=O) groups excluding carboxylic acids is 1. The number of benzene rings is 1. The zero-order valence-electron chi connectivity index (χ0n) is 11.8. The standard InChI is InChI=1S/C15H19N3O2/c1-3-16-13(19)8-5-9-14-17-15(18-20-14)12-7-4-6-11(2)10-12/h4,6-7,10H,3,5,8-9H2,1-2H3,(H,16,19). The van der Waals surface area contributed by atoms with Crippen molar-refractivity contribution in [3.63, 3.8) is 0 Å². The minimum atomic E-state index is 0.0610. The predicted octanol–water partition coefficient (Wildman–Crippen LogP) is 2.50. The van der Waals surface area contributed by atoms with Gasteiger partial charge in [0.05, 0.1) is 0 Å². The van der Waals surface area contributed by atoms with Crippen molar-refractivity contribution in [2.24, 2.45) is 0 Å². The number of amides is 1. The topological polar surface area (TPSA) is 68.0 Å². The lowest BCUT2D eigenvalue weighted by atomic mass is 10.1. The lowest BCUT2D eigenvalue weighted by Crippen LogP contribution is -2.22. The van der Waals surface area contributed by atoms with Gasteiger partial charge in [0, 0.05) is 24.9 Å². The zero-order chi connectivity index (χ0) is 14.4. The third-order valence-corrected chi connectivity index (χ3v) is 2.91. The maximum absolute atomic E-state index is 11.3. The molecule has 1 heterocycles. The van der Waals surface area contributed by atoms with Gasteiger partial charge >= 0.3 is 0 Å². The van der Waals surface area contributed by atoms with Crippen LogP contribution in [0.4, 0.5) is 0 Å². The van der Waals surface area contributed by atoms with Gasteiger partial charge in [-0.1, -0.05) is 28.9 Å². The van der Waals surface area contributed by atoms with Crippen molar-refractivity contribution < 1.29 is 9.32 Å². The van der Waals surface area contributed by atoms with Gasteiger partial charge in [0.2, 0.25) is 17.6 Å². The number of aryl methyl sites for hydroxylation is 2. The normalized spacial score (nSPS) is 10.5. The molecule has 0 radical (unpaired) electrons. The molecule has 1 N–H and O–H groups in total. The van der Waals surface area contributed by atoms with Gasteiger partial charge < -0.3 is 9.84 Å². The van der Waals surface area contributed by atoms with Gasteiger partial charge in [-0.05, 0) is 26.3 Å². The van der Waals surface area contributed by atoms with Gasteiger partial charge in [0.15, 0.2) is 0 Å². The molecule has 1 aromatic carbocycles. The Morgan fingerprint density at radius 2 is 2.25 bits per heavy atom. The molecule has 5 heteroatoms. The van der Waals surface area contributed by atoms with Crippen LogP contribution in [0.15, 0.2) is 28.8 Å². The molecule has 106 valence electrons. The van der Waals surface area contributed by atoms with Gasteiger partial charge in [-0.3, -0.25) is 4.79 Å². The summed E-state index contributed by atoms with van der Waals surface area (Å²) in [5.41, 5.74) is 2.11. The van der Waals surface area contributed by atoms with Crippen LogP contribution in [0.3, 0.4) is 0 Å². The minimum Gasteiger partial charge on any atom is -0.356 e. The second-order valence-electron chi connectivity index (χ2n) is 4.69. The molecule has 0 saturated heterocycles. The summed E-state index contributed by atoms with van der Waals surface area (Å²) in [6.45, 7) is 4.60. The van der Waals surface area contributed by atoms with Crippen molar-refractivity contribution in [1.82, 2.24) is 15.5 Å². The van der Waals surface area contributed by atoms with Crippen LogP contribution in [0, 0.1) is 6.92 Å². The van der Waals surface area contributed by atoms with Crippen LogP contribution in [-0.2, 0) is 11.2 Å². The van der Waals surface area contributed by atoms with E-state index in [-0.39, 0.29) is 5.91 Å². The van der Waals surface area contributed by atoms with E-state index in [2.05, 4.69) is 15.5 Å². The van der Waals surface area contributed by atoms with Crippen LogP contribution >= 0.6 is 0 Å². The van der Waals surface area contributed by atoms with E-state index in [1.807, 2.05) is 38.1 Å². The lowest BCUT2D eigenvalue weighted by Gasteiger charge is -1.99. The van der Waals surface area contributed by atoms with Crippen LogP contribution in [0.25, 0.3) is 11.4 Å². The number of rotatable bonds is 6. The molecule has 0 saturated carbocycles. The third kappa shape index (κ3) is 3.91. The first-order valence-corrected chi connectivity index (χ1v) is 6.85. The SMILES string of the molecule is CCNC(=O)CCCc1nc(-c2cccc(C)c2)no1. The Kier molecular flexibility index (Phi) is 4.87. The van der Waals surface area contributed by atoms with Crippen molar-refractivity contribution in [2.75, 3.05) is 6.54 Å². The molecule has 0 spiro atoms. The number of nitrogens with zero attached hydrogens (tertiary/aromatic N) is 2. The molecule has 0 fully saturated rings. The van der Waals surface area contributed by atoms with E-state index in [0.29, 0.717) is 37.5 Å². The summed E-state index contributed by atoms with van der Waals surface area (Å²) in [5, 5.41) is 6.74. The second-order valence-corrected chi connectivity index (χ2v) is 4.69. The first-order chi connectivity index (χ1) is 9.69. The Bertz CT molecular complexity index is 578. The summed E-state index contributed by atoms with van der Waals surface area (Å²) in [6, 6.07) is 7.96. The Balaban J connectivity index is 1.91. The number of hydrogen-bond acceptors (Lipinski definition) is 4. The quantitative estimate of drug-likeness (QED) is 0.878. The predicted molar refractivity (Wildman–Crippen MR) is 76.1 cm³/mol. The van der Waals surface area contributed by atoms with E-state index in [1.54, 1.807) is 0 Å². The van der Waals surface area contributed by atoms with Crippen LogP contribution in [0.2, 0.25) is 0 Å². The fourth-order valence-electron chi connectivity index (χ4n) is 1.94. The van der Waals surface area contributed by atoms with Gasteiger partial charge in [0.25, 0.3) is 0 Å². The molecule has 20 heavy (non-hydrogen) atoms. The molecule has 0 aliphatic heterocycles. The Hall–Kier alpha value is -2.17. The van der Waals surface area contributed by atoms with E-state index < -0.39 is 0 Å². The van der Waals surface area contributed by atoms with Crippen LogP contribution in [0.5, 0.6) is 0 Å². The molecule has 1 amide bonds. The minimum absolute atomic E-state index is 0.0610. The smallest absolute Gasteiger partial charge is 0.226 e. The van der Waals surface area contributed by atoms with Gasteiger partial charge in [-0.2, -0.15) is 4.98 Å². The highest BCUT2D eigenvalue weighted by atomic mass is 16.5. The molecule has 1 aromatic heterocycles.